The highest BCUT2D eigenvalue weighted by Crippen LogP contribution is 2.38. The maximum atomic E-state index is 12.4. The number of halogens is 4. The Balaban J connectivity index is 1.63. The van der Waals surface area contributed by atoms with Gasteiger partial charge in [0, 0.05) is 22.2 Å². The Hall–Kier alpha value is -2.48. The summed E-state index contributed by atoms with van der Waals surface area (Å²) in [7, 11) is 0. The molecule has 0 aliphatic rings. The van der Waals surface area contributed by atoms with Crippen LogP contribution in [0, 0.1) is 0 Å². The summed E-state index contributed by atoms with van der Waals surface area (Å²) in [4.78, 5) is 4.74. The molecular weight excluding hydrogens is 449 g/mol. The van der Waals surface area contributed by atoms with E-state index < -0.39 is 5.51 Å². The molecule has 1 N–H and O–H groups in total. The summed E-state index contributed by atoms with van der Waals surface area (Å²) in [5.41, 5.74) is 0.430. The van der Waals surface area contributed by atoms with Crippen molar-refractivity contribution >= 4 is 40.6 Å². The van der Waals surface area contributed by atoms with Crippen molar-refractivity contribution in [2.24, 2.45) is 0 Å². The Labute approximate surface area is 184 Å². The van der Waals surface area contributed by atoms with Gasteiger partial charge in [0.15, 0.2) is 0 Å². The van der Waals surface area contributed by atoms with Crippen LogP contribution in [0.15, 0.2) is 78.2 Å². The van der Waals surface area contributed by atoms with Crippen molar-refractivity contribution < 1.29 is 13.2 Å². The molecule has 30 heavy (non-hydrogen) atoms. The van der Waals surface area contributed by atoms with Crippen molar-refractivity contribution in [1.82, 2.24) is 4.98 Å². The van der Waals surface area contributed by atoms with E-state index in [4.69, 9.17) is 16.6 Å². The largest absolute Gasteiger partial charge is 0.461 e. The normalized spacial score (nSPS) is 11.5. The molecule has 0 unspecified atom stereocenters. The first-order valence-corrected chi connectivity index (χ1v) is 10.9. The molecule has 0 fully saturated rings. The van der Waals surface area contributed by atoms with Crippen LogP contribution in [0.25, 0.3) is 33.0 Å². The molecule has 4 rings (SSSR count). The topological polar surface area (TPSA) is 24.9 Å². The maximum absolute atomic E-state index is 12.4. The van der Waals surface area contributed by atoms with E-state index in [-0.39, 0.29) is 17.6 Å². The van der Waals surface area contributed by atoms with E-state index in [0.717, 1.165) is 21.7 Å². The number of hydrogen-bond acceptors (Lipinski definition) is 4. The van der Waals surface area contributed by atoms with Crippen LogP contribution in [0.5, 0.6) is 0 Å². The minimum absolute atomic E-state index is 0.274. The zero-order valence-electron chi connectivity index (χ0n) is 15.3. The molecule has 0 bridgehead atoms. The molecule has 0 amide bonds. The summed E-state index contributed by atoms with van der Waals surface area (Å²) in [5, 5.41) is 3.07. The average Bonchev–Trinajstić information content (AvgIpc) is 3.22. The number of benzene rings is 3. The number of thiazole rings is 1. The Kier molecular flexibility index (Phi) is 6.04. The monoisotopic (exact) mass is 462 g/mol. The van der Waals surface area contributed by atoms with Gasteiger partial charge in [-0.25, -0.2) is 4.98 Å². The van der Waals surface area contributed by atoms with E-state index in [0.29, 0.717) is 16.3 Å². The van der Waals surface area contributed by atoms with Crippen LogP contribution in [-0.4, -0.2) is 10.5 Å². The summed E-state index contributed by atoms with van der Waals surface area (Å²) in [5.74, 6) is 0. The molecule has 0 atom stereocenters. The van der Waals surface area contributed by atoms with Gasteiger partial charge in [0.2, 0.25) is 0 Å². The van der Waals surface area contributed by atoms with Crippen molar-refractivity contribution in [1.29, 1.82) is 0 Å². The quantitative estimate of drug-likeness (QED) is 0.301. The van der Waals surface area contributed by atoms with E-state index in [1.54, 1.807) is 12.1 Å². The fraction of sp³-hybridized carbons (Fsp3) is 0.0455. The third-order valence-electron chi connectivity index (χ3n) is 4.28. The number of nitrogens with one attached hydrogen (secondary N) is 1. The zero-order chi connectivity index (χ0) is 21.1. The minimum atomic E-state index is -4.37. The lowest BCUT2D eigenvalue weighted by atomic mass is 10.0. The second kappa shape index (κ2) is 8.71. The van der Waals surface area contributed by atoms with Gasteiger partial charge in [-0.05, 0) is 29.3 Å². The fourth-order valence-electron chi connectivity index (χ4n) is 2.96. The number of nitrogens with zero attached hydrogens (tertiary/aromatic N) is 1. The summed E-state index contributed by atoms with van der Waals surface area (Å²) in [6.45, 7) is 0. The average molecular weight is 463 g/mol. The molecule has 1 heterocycles. The van der Waals surface area contributed by atoms with Gasteiger partial charge in [0.05, 0.1) is 22.7 Å². The fourth-order valence-corrected chi connectivity index (χ4v) is 4.46. The van der Waals surface area contributed by atoms with Gasteiger partial charge in [-0.3, -0.25) is 0 Å². The van der Waals surface area contributed by atoms with Crippen LogP contribution in [0.4, 0.5) is 18.9 Å². The van der Waals surface area contributed by atoms with Crippen molar-refractivity contribution in [3.8, 4) is 33.0 Å². The summed E-state index contributed by atoms with van der Waals surface area (Å²) < 4.78 is 39.3. The summed E-state index contributed by atoms with van der Waals surface area (Å²) >= 11 is 7.50. The second-order valence-electron chi connectivity index (χ2n) is 6.29. The Bertz CT molecular complexity index is 1160. The maximum Gasteiger partial charge on any atom is 0.461 e. The lowest BCUT2D eigenvalue weighted by Gasteiger charge is -2.09. The number of anilines is 1. The molecule has 2 nitrogen and oxygen atoms in total. The van der Waals surface area contributed by atoms with E-state index in [9.17, 15) is 13.2 Å². The smallest absolute Gasteiger partial charge is 0.323 e. The molecule has 152 valence electrons. The van der Waals surface area contributed by atoms with E-state index in [1.165, 1.54) is 17.4 Å². The zero-order valence-corrected chi connectivity index (χ0v) is 17.7. The molecule has 0 aliphatic carbocycles. The molecule has 8 heteroatoms. The Morgan fingerprint density at radius 2 is 1.57 bits per heavy atom. The number of rotatable bonds is 5. The van der Waals surface area contributed by atoms with E-state index >= 15 is 0 Å². The van der Waals surface area contributed by atoms with Crippen LogP contribution >= 0.6 is 34.9 Å². The Morgan fingerprint density at radius 3 is 2.27 bits per heavy atom. The van der Waals surface area contributed by atoms with Gasteiger partial charge in [-0.15, -0.1) is 11.3 Å². The molecule has 0 saturated carbocycles. The third kappa shape index (κ3) is 4.80. The van der Waals surface area contributed by atoms with Crippen LogP contribution < -0.4 is 4.72 Å². The molecular formula is C22H14ClF3N2S2. The van der Waals surface area contributed by atoms with Gasteiger partial charge in [0.25, 0.3) is 0 Å². The highest BCUT2D eigenvalue weighted by molar-refractivity contribution is 8.01. The molecule has 4 aromatic rings. The predicted molar refractivity (Wildman–Crippen MR) is 121 cm³/mol. The van der Waals surface area contributed by atoms with Gasteiger partial charge >= 0.3 is 5.51 Å². The van der Waals surface area contributed by atoms with Crippen LogP contribution in [-0.2, 0) is 0 Å². The molecule has 0 saturated heterocycles. The van der Waals surface area contributed by atoms with E-state index in [2.05, 4.69) is 22.9 Å². The summed E-state index contributed by atoms with van der Waals surface area (Å²) in [6, 6.07) is 22.8. The van der Waals surface area contributed by atoms with Crippen LogP contribution in [0.1, 0.15) is 0 Å². The van der Waals surface area contributed by atoms with Gasteiger partial charge in [-0.1, -0.05) is 66.2 Å². The SMILES string of the molecule is FC(F)(F)SNc1ccc(-c2csc(-c3ccccc3-c3ccccc3)n2)c(Cl)c1. The van der Waals surface area contributed by atoms with Crippen molar-refractivity contribution in [2.75, 3.05) is 4.72 Å². The first-order valence-electron chi connectivity index (χ1n) is 8.82. The standard InChI is InChI=1S/C22H14ClF3N2S2/c23-19-12-15(28-30-22(24,25)26)10-11-18(19)20-13-29-21(27-20)17-9-5-4-8-16(17)14-6-2-1-3-7-14/h1-13,28H. The van der Waals surface area contributed by atoms with Gasteiger partial charge in [-0.2, -0.15) is 13.2 Å². The lowest BCUT2D eigenvalue weighted by Crippen LogP contribution is -2.04. The highest BCUT2D eigenvalue weighted by Gasteiger charge is 2.29. The number of hydrogen-bond donors (Lipinski definition) is 1. The van der Waals surface area contributed by atoms with Crippen molar-refractivity contribution in [2.45, 2.75) is 5.51 Å². The molecule has 3 aromatic carbocycles. The van der Waals surface area contributed by atoms with E-state index in [1.807, 2.05) is 41.8 Å². The lowest BCUT2D eigenvalue weighted by molar-refractivity contribution is -0.0323. The Morgan fingerprint density at radius 1 is 0.867 bits per heavy atom. The second-order valence-corrected chi connectivity index (χ2v) is 8.43. The van der Waals surface area contributed by atoms with Gasteiger partial charge in [0.1, 0.15) is 5.01 Å². The van der Waals surface area contributed by atoms with Crippen molar-refractivity contribution in [3.05, 3.63) is 83.2 Å². The minimum Gasteiger partial charge on any atom is -0.323 e. The van der Waals surface area contributed by atoms with Crippen LogP contribution in [0.3, 0.4) is 0 Å². The first kappa shape index (κ1) is 20.8. The third-order valence-corrected chi connectivity index (χ3v) is 6.03. The first-order chi connectivity index (χ1) is 14.4. The molecule has 0 aliphatic heterocycles. The molecule has 0 spiro atoms. The molecule has 1 aromatic heterocycles. The van der Waals surface area contributed by atoms with Crippen molar-refractivity contribution in [3.63, 3.8) is 0 Å². The van der Waals surface area contributed by atoms with Gasteiger partial charge < -0.3 is 4.72 Å². The number of aromatic nitrogens is 1. The highest BCUT2D eigenvalue weighted by atomic mass is 35.5. The number of alkyl halides is 3. The molecule has 0 radical (unpaired) electrons. The summed E-state index contributed by atoms with van der Waals surface area (Å²) in [6.07, 6.45) is 0. The predicted octanol–water partition coefficient (Wildman–Crippen LogP) is 8.38. The van der Waals surface area contributed by atoms with Crippen LogP contribution in [0.2, 0.25) is 5.02 Å².